The minimum atomic E-state index is -3.65. The highest BCUT2D eigenvalue weighted by atomic mass is 79.9. The van der Waals surface area contributed by atoms with E-state index in [1.54, 1.807) is 11.8 Å². The highest BCUT2D eigenvalue weighted by Crippen LogP contribution is 2.22. The van der Waals surface area contributed by atoms with Gasteiger partial charge in [0.2, 0.25) is 10.0 Å². The molecule has 6 nitrogen and oxygen atoms in total. The van der Waals surface area contributed by atoms with E-state index in [-0.39, 0.29) is 16.8 Å². The molecule has 0 amide bonds. The van der Waals surface area contributed by atoms with Gasteiger partial charge in [-0.2, -0.15) is 11.8 Å². The third kappa shape index (κ3) is 4.92. The summed E-state index contributed by atoms with van der Waals surface area (Å²) in [5.74, 6) is 7.06. The van der Waals surface area contributed by atoms with Crippen LogP contribution in [-0.4, -0.2) is 30.9 Å². The van der Waals surface area contributed by atoms with E-state index in [2.05, 4.69) is 31.1 Å². The van der Waals surface area contributed by atoms with Crippen LogP contribution in [0.5, 0.6) is 0 Å². The second-order valence-corrected chi connectivity index (χ2v) is 7.74. The molecule has 0 aliphatic heterocycles. The van der Waals surface area contributed by atoms with Crippen LogP contribution in [0.15, 0.2) is 21.6 Å². The maximum Gasteiger partial charge on any atom is 0.244 e. The van der Waals surface area contributed by atoms with Crippen LogP contribution in [-0.2, 0) is 10.0 Å². The summed E-state index contributed by atoms with van der Waals surface area (Å²) in [6.45, 7) is 3.85. The van der Waals surface area contributed by atoms with Gasteiger partial charge < -0.3 is 5.43 Å². The lowest BCUT2D eigenvalue weighted by molar-refractivity contribution is 0.571. The first-order chi connectivity index (χ1) is 8.90. The molecule has 1 aromatic heterocycles. The Labute approximate surface area is 126 Å². The SMILES string of the molecule is CCSCC(C)NS(=O)(=O)c1cc(Br)cnc1NN. The van der Waals surface area contributed by atoms with Gasteiger partial charge in [-0.15, -0.1) is 0 Å². The minimum absolute atomic E-state index is 0.0257. The second-order valence-electron chi connectivity index (χ2n) is 3.83. The summed E-state index contributed by atoms with van der Waals surface area (Å²) >= 11 is 4.87. The van der Waals surface area contributed by atoms with E-state index in [0.717, 1.165) is 5.75 Å². The molecule has 19 heavy (non-hydrogen) atoms. The summed E-state index contributed by atoms with van der Waals surface area (Å²) in [7, 11) is -3.65. The number of nitrogens with one attached hydrogen (secondary N) is 2. The number of aromatic nitrogens is 1. The molecule has 1 rings (SSSR count). The van der Waals surface area contributed by atoms with Crippen molar-refractivity contribution in [2.45, 2.75) is 24.8 Å². The third-order valence-electron chi connectivity index (χ3n) is 2.17. The molecule has 0 saturated heterocycles. The lowest BCUT2D eigenvalue weighted by Crippen LogP contribution is -2.35. The topological polar surface area (TPSA) is 97.1 Å². The van der Waals surface area contributed by atoms with Gasteiger partial charge >= 0.3 is 0 Å². The molecule has 9 heteroatoms. The van der Waals surface area contributed by atoms with Crippen molar-refractivity contribution in [1.82, 2.24) is 9.71 Å². The molecule has 4 N–H and O–H groups in total. The molecule has 0 fully saturated rings. The van der Waals surface area contributed by atoms with Gasteiger partial charge in [-0.1, -0.05) is 6.92 Å². The summed E-state index contributed by atoms with van der Waals surface area (Å²) in [6, 6.07) is 1.30. The Kier molecular flexibility index (Phi) is 6.54. The van der Waals surface area contributed by atoms with E-state index in [1.165, 1.54) is 12.3 Å². The molecule has 1 heterocycles. The molecule has 0 aliphatic rings. The number of thioether (sulfide) groups is 1. The molecular weight excluding hydrogens is 352 g/mol. The fourth-order valence-corrected chi connectivity index (χ4v) is 4.04. The molecule has 1 aromatic rings. The van der Waals surface area contributed by atoms with Gasteiger partial charge in [0.05, 0.1) is 0 Å². The number of hydrazine groups is 1. The maximum absolute atomic E-state index is 12.3. The Morgan fingerprint density at radius 2 is 2.26 bits per heavy atom. The minimum Gasteiger partial charge on any atom is -0.307 e. The average molecular weight is 369 g/mol. The molecular formula is C10H17BrN4O2S2. The van der Waals surface area contributed by atoms with Crippen molar-refractivity contribution in [1.29, 1.82) is 0 Å². The second kappa shape index (κ2) is 7.44. The maximum atomic E-state index is 12.3. The zero-order chi connectivity index (χ0) is 14.5. The van der Waals surface area contributed by atoms with E-state index in [0.29, 0.717) is 10.2 Å². The van der Waals surface area contributed by atoms with Crippen LogP contribution in [0.1, 0.15) is 13.8 Å². The lowest BCUT2D eigenvalue weighted by atomic mass is 10.4. The average Bonchev–Trinajstić information content (AvgIpc) is 2.35. The predicted octanol–water partition coefficient (Wildman–Crippen LogP) is 1.55. The largest absolute Gasteiger partial charge is 0.307 e. The fourth-order valence-electron chi connectivity index (χ4n) is 1.39. The molecule has 0 saturated carbocycles. The summed E-state index contributed by atoms with van der Waals surface area (Å²) in [4.78, 5) is 3.95. The normalized spacial score (nSPS) is 13.3. The lowest BCUT2D eigenvalue weighted by Gasteiger charge is -2.15. The summed E-state index contributed by atoms with van der Waals surface area (Å²) in [6.07, 6.45) is 1.48. The molecule has 108 valence electrons. The van der Waals surface area contributed by atoms with Crippen LogP contribution in [0, 0.1) is 0 Å². The van der Waals surface area contributed by atoms with E-state index in [9.17, 15) is 8.42 Å². The number of nitrogens with two attached hydrogens (primary N) is 1. The number of pyridine rings is 1. The van der Waals surface area contributed by atoms with Gasteiger partial charge in [0, 0.05) is 22.5 Å². The smallest absolute Gasteiger partial charge is 0.244 e. The Hall–Kier alpha value is -0.350. The Bertz CT molecular complexity index is 524. The van der Waals surface area contributed by atoms with Crippen molar-refractivity contribution in [2.24, 2.45) is 5.84 Å². The highest BCUT2D eigenvalue weighted by Gasteiger charge is 2.22. The predicted molar refractivity (Wildman–Crippen MR) is 82.5 cm³/mol. The van der Waals surface area contributed by atoms with Crippen LogP contribution >= 0.6 is 27.7 Å². The first kappa shape index (κ1) is 16.7. The van der Waals surface area contributed by atoms with Crippen molar-refractivity contribution < 1.29 is 8.42 Å². The standard InChI is InChI=1S/C10H17BrN4O2S2/c1-3-18-6-7(2)15-19(16,17)9-4-8(11)5-13-10(9)14-12/h4-5,7,15H,3,6,12H2,1-2H3,(H,13,14). The molecule has 0 bridgehead atoms. The van der Waals surface area contributed by atoms with Crippen LogP contribution < -0.4 is 16.0 Å². The summed E-state index contributed by atoms with van der Waals surface area (Å²) in [5.41, 5.74) is 2.29. The molecule has 0 aromatic carbocycles. The number of sulfonamides is 1. The van der Waals surface area contributed by atoms with Crippen molar-refractivity contribution in [2.75, 3.05) is 16.9 Å². The van der Waals surface area contributed by atoms with Crippen LogP contribution in [0.4, 0.5) is 5.82 Å². The first-order valence-corrected chi connectivity index (χ1v) is 9.06. The molecule has 0 spiro atoms. The zero-order valence-electron chi connectivity index (χ0n) is 10.7. The van der Waals surface area contributed by atoms with Gasteiger partial charge in [0.25, 0.3) is 0 Å². The monoisotopic (exact) mass is 368 g/mol. The van der Waals surface area contributed by atoms with E-state index >= 15 is 0 Å². The molecule has 1 unspecified atom stereocenters. The Morgan fingerprint density at radius 3 is 2.84 bits per heavy atom. The number of hydrogen-bond donors (Lipinski definition) is 3. The van der Waals surface area contributed by atoms with Crippen molar-refractivity contribution in [3.63, 3.8) is 0 Å². The van der Waals surface area contributed by atoms with Gasteiger partial charge in [-0.25, -0.2) is 24.0 Å². The van der Waals surface area contributed by atoms with Gasteiger partial charge in [0.1, 0.15) is 4.90 Å². The number of anilines is 1. The van der Waals surface area contributed by atoms with Crippen LogP contribution in [0.25, 0.3) is 0 Å². The number of hydrogen-bond acceptors (Lipinski definition) is 6. The van der Waals surface area contributed by atoms with Crippen molar-refractivity contribution >= 4 is 43.5 Å². The van der Waals surface area contributed by atoms with Crippen molar-refractivity contribution in [3.05, 3.63) is 16.7 Å². The number of nitrogens with zero attached hydrogens (tertiary/aromatic N) is 1. The Balaban J connectivity index is 2.96. The van der Waals surface area contributed by atoms with Crippen LogP contribution in [0.2, 0.25) is 0 Å². The zero-order valence-corrected chi connectivity index (χ0v) is 13.9. The van der Waals surface area contributed by atoms with E-state index in [4.69, 9.17) is 5.84 Å². The number of rotatable bonds is 7. The number of nitrogen functional groups attached to an aromatic ring is 1. The number of halogens is 1. The summed E-state index contributed by atoms with van der Waals surface area (Å²) < 4.78 is 27.7. The Morgan fingerprint density at radius 1 is 1.58 bits per heavy atom. The fraction of sp³-hybridized carbons (Fsp3) is 0.500. The van der Waals surface area contributed by atoms with Crippen LogP contribution in [0.3, 0.4) is 0 Å². The van der Waals surface area contributed by atoms with E-state index in [1.807, 2.05) is 13.8 Å². The van der Waals surface area contributed by atoms with E-state index < -0.39 is 10.0 Å². The summed E-state index contributed by atoms with van der Waals surface area (Å²) in [5, 5.41) is 0. The molecule has 1 atom stereocenters. The quantitative estimate of drug-likeness (QED) is 0.498. The van der Waals surface area contributed by atoms with Gasteiger partial charge in [0.15, 0.2) is 5.82 Å². The third-order valence-corrected chi connectivity index (χ3v) is 5.35. The molecule has 0 aliphatic carbocycles. The van der Waals surface area contributed by atoms with Crippen molar-refractivity contribution in [3.8, 4) is 0 Å². The first-order valence-electron chi connectivity index (χ1n) is 5.63. The molecule has 0 radical (unpaired) electrons. The van der Waals surface area contributed by atoms with Gasteiger partial charge in [-0.3, -0.25) is 0 Å². The highest BCUT2D eigenvalue weighted by molar-refractivity contribution is 9.10. The van der Waals surface area contributed by atoms with Gasteiger partial charge in [-0.05, 0) is 34.7 Å².